The van der Waals surface area contributed by atoms with Gasteiger partial charge in [-0.25, -0.2) is 9.37 Å². The molecule has 1 heterocycles. The molecule has 0 saturated heterocycles. The fraction of sp³-hybridized carbons (Fsp3) is 0.158. The molecule has 1 unspecified atom stereocenters. The number of imidazole rings is 1. The van der Waals surface area contributed by atoms with Gasteiger partial charge in [-0.2, -0.15) is 0 Å². The van der Waals surface area contributed by atoms with Gasteiger partial charge in [0.1, 0.15) is 17.7 Å². The van der Waals surface area contributed by atoms with Crippen molar-refractivity contribution in [3.63, 3.8) is 0 Å². The summed E-state index contributed by atoms with van der Waals surface area (Å²) >= 11 is 0. The molecule has 122 valence electrons. The van der Waals surface area contributed by atoms with Crippen LogP contribution in [0.15, 0.2) is 60.9 Å². The smallest absolute Gasteiger partial charge is 0.255 e. The second kappa shape index (κ2) is 6.66. The van der Waals surface area contributed by atoms with Gasteiger partial charge in [-0.3, -0.25) is 4.79 Å². The molecule has 1 amide bonds. The fourth-order valence-corrected chi connectivity index (χ4v) is 2.66. The first-order valence-corrected chi connectivity index (χ1v) is 7.65. The lowest BCUT2D eigenvalue weighted by molar-refractivity contribution is 0.0937. The van der Waals surface area contributed by atoms with Crippen molar-refractivity contribution in [3.8, 4) is 0 Å². The van der Waals surface area contributed by atoms with Crippen molar-refractivity contribution in [3.05, 3.63) is 89.3 Å². The van der Waals surface area contributed by atoms with Crippen LogP contribution in [0, 0.1) is 12.7 Å². The third kappa shape index (κ3) is 3.20. The Morgan fingerprint density at radius 3 is 2.67 bits per heavy atom. The van der Waals surface area contributed by atoms with E-state index in [1.165, 1.54) is 12.1 Å². The Balaban J connectivity index is 1.98. The van der Waals surface area contributed by atoms with Gasteiger partial charge >= 0.3 is 0 Å². The summed E-state index contributed by atoms with van der Waals surface area (Å²) in [4.78, 5) is 16.9. The van der Waals surface area contributed by atoms with Crippen LogP contribution in [0.2, 0.25) is 0 Å². The number of nitrogens with one attached hydrogen (secondary N) is 1. The molecule has 3 aromatic rings. The van der Waals surface area contributed by atoms with Gasteiger partial charge in [0.25, 0.3) is 5.91 Å². The van der Waals surface area contributed by atoms with E-state index >= 15 is 0 Å². The summed E-state index contributed by atoms with van der Waals surface area (Å²) in [6, 6.07) is 13.3. The predicted molar refractivity (Wildman–Crippen MR) is 90.1 cm³/mol. The van der Waals surface area contributed by atoms with Crippen molar-refractivity contribution in [1.29, 1.82) is 0 Å². The minimum absolute atomic E-state index is 0.0179. The summed E-state index contributed by atoms with van der Waals surface area (Å²) in [6.45, 7) is 1.98. The molecule has 24 heavy (non-hydrogen) atoms. The predicted octanol–water partition coefficient (Wildman–Crippen LogP) is 3.39. The van der Waals surface area contributed by atoms with Crippen LogP contribution in [-0.4, -0.2) is 15.5 Å². The summed E-state index contributed by atoms with van der Waals surface area (Å²) in [5, 5.41) is 2.90. The van der Waals surface area contributed by atoms with Gasteiger partial charge in [0.15, 0.2) is 0 Å². The number of rotatable bonds is 4. The van der Waals surface area contributed by atoms with Crippen molar-refractivity contribution in [2.24, 2.45) is 7.05 Å². The number of aryl methyl sites for hydroxylation is 2. The molecule has 0 aliphatic rings. The number of hydrogen-bond donors (Lipinski definition) is 1. The normalized spacial score (nSPS) is 12.0. The number of carbonyl (C=O) groups excluding carboxylic acids is 1. The Morgan fingerprint density at radius 2 is 2.00 bits per heavy atom. The second-order valence-corrected chi connectivity index (χ2v) is 5.70. The molecule has 2 aromatic carbocycles. The van der Waals surface area contributed by atoms with E-state index in [1.807, 2.05) is 49.0 Å². The summed E-state index contributed by atoms with van der Waals surface area (Å²) < 4.78 is 15.7. The van der Waals surface area contributed by atoms with Gasteiger partial charge in [-0.15, -0.1) is 0 Å². The Kier molecular flexibility index (Phi) is 4.42. The van der Waals surface area contributed by atoms with Crippen LogP contribution in [-0.2, 0) is 7.05 Å². The number of aromatic nitrogens is 2. The average Bonchev–Trinajstić information content (AvgIpc) is 2.98. The first-order chi connectivity index (χ1) is 11.6. The minimum atomic E-state index is -0.544. The van der Waals surface area contributed by atoms with Gasteiger partial charge in [0.05, 0.1) is 5.56 Å². The van der Waals surface area contributed by atoms with Crippen molar-refractivity contribution >= 4 is 5.91 Å². The summed E-state index contributed by atoms with van der Waals surface area (Å²) in [7, 11) is 1.86. The monoisotopic (exact) mass is 323 g/mol. The number of amides is 1. The minimum Gasteiger partial charge on any atom is -0.338 e. The van der Waals surface area contributed by atoms with Crippen LogP contribution < -0.4 is 5.32 Å². The molecule has 0 saturated carbocycles. The molecule has 0 fully saturated rings. The lowest BCUT2D eigenvalue weighted by Gasteiger charge is -2.20. The standard InChI is InChI=1S/C19H18FN3O/c1-13-6-5-7-14(12-13)17(18-21-10-11-23(18)2)22-19(24)15-8-3-4-9-16(15)20/h3-12,17H,1-2H3,(H,22,24). The molecule has 0 aliphatic heterocycles. The van der Waals surface area contributed by atoms with E-state index in [0.717, 1.165) is 11.1 Å². The molecular weight excluding hydrogens is 305 g/mol. The summed E-state index contributed by atoms with van der Waals surface area (Å²) in [6.07, 6.45) is 3.49. The topological polar surface area (TPSA) is 46.9 Å². The molecule has 4 nitrogen and oxygen atoms in total. The molecule has 1 atom stereocenters. The molecular formula is C19H18FN3O. The van der Waals surface area contributed by atoms with E-state index in [1.54, 1.807) is 18.3 Å². The Bertz CT molecular complexity index is 872. The maximum atomic E-state index is 13.9. The van der Waals surface area contributed by atoms with E-state index in [2.05, 4.69) is 10.3 Å². The number of halogens is 1. The number of carbonyl (C=O) groups is 1. The van der Waals surface area contributed by atoms with Gasteiger partial charge in [0, 0.05) is 19.4 Å². The third-order valence-electron chi connectivity index (χ3n) is 3.89. The molecule has 1 N–H and O–H groups in total. The quantitative estimate of drug-likeness (QED) is 0.800. The number of hydrogen-bond acceptors (Lipinski definition) is 2. The molecule has 0 radical (unpaired) electrons. The molecule has 3 rings (SSSR count). The van der Waals surface area contributed by atoms with Crippen LogP contribution in [0.3, 0.4) is 0 Å². The highest BCUT2D eigenvalue weighted by molar-refractivity contribution is 5.94. The van der Waals surface area contributed by atoms with Crippen molar-refractivity contribution in [2.45, 2.75) is 13.0 Å². The zero-order chi connectivity index (χ0) is 17.1. The van der Waals surface area contributed by atoms with Gasteiger partial charge in [-0.1, -0.05) is 42.0 Å². The Morgan fingerprint density at radius 1 is 1.21 bits per heavy atom. The van der Waals surface area contributed by atoms with E-state index < -0.39 is 17.8 Å². The van der Waals surface area contributed by atoms with Crippen LogP contribution in [0.4, 0.5) is 4.39 Å². The van der Waals surface area contributed by atoms with Crippen molar-refractivity contribution in [1.82, 2.24) is 14.9 Å². The third-order valence-corrected chi connectivity index (χ3v) is 3.89. The van der Waals surface area contributed by atoms with E-state index in [-0.39, 0.29) is 5.56 Å². The molecule has 0 bridgehead atoms. The average molecular weight is 323 g/mol. The number of nitrogens with zero attached hydrogens (tertiary/aromatic N) is 2. The van der Waals surface area contributed by atoms with Crippen LogP contribution in [0.5, 0.6) is 0 Å². The molecule has 0 spiro atoms. The van der Waals surface area contributed by atoms with Crippen LogP contribution >= 0.6 is 0 Å². The SMILES string of the molecule is Cc1cccc(C(NC(=O)c2ccccc2F)c2nccn2C)c1. The lowest BCUT2D eigenvalue weighted by Crippen LogP contribution is -2.31. The largest absolute Gasteiger partial charge is 0.338 e. The first-order valence-electron chi connectivity index (χ1n) is 7.65. The zero-order valence-corrected chi connectivity index (χ0v) is 13.5. The van der Waals surface area contributed by atoms with Crippen molar-refractivity contribution in [2.75, 3.05) is 0 Å². The maximum absolute atomic E-state index is 13.9. The molecule has 5 heteroatoms. The Hall–Kier alpha value is -2.95. The molecule has 1 aromatic heterocycles. The van der Waals surface area contributed by atoms with Gasteiger partial charge in [0.2, 0.25) is 0 Å². The first kappa shape index (κ1) is 15.9. The van der Waals surface area contributed by atoms with E-state index in [0.29, 0.717) is 5.82 Å². The number of benzene rings is 2. The van der Waals surface area contributed by atoms with E-state index in [9.17, 15) is 9.18 Å². The van der Waals surface area contributed by atoms with Crippen LogP contribution in [0.1, 0.15) is 33.4 Å². The highest BCUT2D eigenvalue weighted by Gasteiger charge is 2.22. The fourth-order valence-electron chi connectivity index (χ4n) is 2.66. The molecule has 0 aliphatic carbocycles. The van der Waals surface area contributed by atoms with Crippen LogP contribution in [0.25, 0.3) is 0 Å². The Labute approximate surface area is 140 Å². The lowest BCUT2D eigenvalue weighted by atomic mass is 10.0. The van der Waals surface area contributed by atoms with E-state index in [4.69, 9.17) is 0 Å². The van der Waals surface area contributed by atoms with Gasteiger partial charge < -0.3 is 9.88 Å². The van der Waals surface area contributed by atoms with Gasteiger partial charge in [-0.05, 0) is 24.6 Å². The summed E-state index contributed by atoms with van der Waals surface area (Å²) in [5.41, 5.74) is 1.99. The maximum Gasteiger partial charge on any atom is 0.255 e. The zero-order valence-electron chi connectivity index (χ0n) is 13.5. The van der Waals surface area contributed by atoms with Crippen molar-refractivity contribution < 1.29 is 9.18 Å². The highest BCUT2D eigenvalue weighted by atomic mass is 19.1. The highest BCUT2D eigenvalue weighted by Crippen LogP contribution is 2.22. The summed E-state index contributed by atoms with van der Waals surface area (Å²) in [5.74, 6) is -0.328. The second-order valence-electron chi connectivity index (χ2n) is 5.70.